The second kappa shape index (κ2) is 10.4. The molecule has 2 atom stereocenters. The van der Waals surface area contributed by atoms with Gasteiger partial charge in [-0.2, -0.15) is 0 Å². The van der Waals surface area contributed by atoms with E-state index in [1.807, 2.05) is 49.1 Å². The molecule has 2 aromatic rings. The number of carbonyl (C=O) groups excluding carboxylic acids is 2. The number of methoxy groups -OCH3 is 1. The lowest BCUT2D eigenvalue weighted by Gasteiger charge is -2.24. The first-order chi connectivity index (χ1) is 14.9. The molecular formula is C25H33N3O3. The number of carbonyl (C=O) groups is 2. The standard InChI is InChI=1S/C25H33N3O3/c1-17-11-12-23(31-4)21(14-17)27-25(30)22-10-7-13-28(22)16-24(29)26-19(3)15-20-9-6-5-8-18(20)2/h5-6,8-9,11-12,14,19,22H,7,10,13,15-16H2,1-4H3,(H,26,29)(H,27,30). The van der Waals surface area contributed by atoms with Gasteiger partial charge >= 0.3 is 0 Å². The van der Waals surface area contributed by atoms with Gasteiger partial charge in [-0.15, -0.1) is 0 Å². The summed E-state index contributed by atoms with van der Waals surface area (Å²) in [7, 11) is 1.59. The van der Waals surface area contributed by atoms with E-state index in [1.54, 1.807) is 7.11 Å². The van der Waals surface area contributed by atoms with E-state index < -0.39 is 0 Å². The van der Waals surface area contributed by atoms with Gasteiger partial charge in [0.1, 0.15) is 5.75 Å². The fourth-order valence-electron chi connectivity index (χ4n) is 4.17. The normalized spacial score (nSPS) is 17.2. The number of hydrogen-bond acceptors (Lipinski definition) is 4. The maximum absolute atomic E-state index is 12.9. The summed E-state index contributed by atoms with van der Waals surface area (Å²) in [6, 6.07) is 13.6. The fraction of sp³-hybridized carbons (Fsp3) is 0.440. The predicted octanol–water partition coefficient (Wildman–Crippen LogP) is 3.46. The van der Waals surface area contributed by atoms with Crippen molar-refractivity contribution in [2.75, 3.05) is 25.5 Å². The molecule has 1 aliphatic heterocycles. The molecule has 2 aromatic carbocycles. The van der Waals surface area contributed by atoms with Crippen molar-refractivity contribution in [2.45, 2.75) is 52.1 Å². The smallest absolute Gasteiger partial charge is 0.241 e. The van der Waals surface area contributed by atoms with Gasteiger partial charge in [-0.25, -0.2) is 0 Å². The maximum atomic E-state index is 12.9. The molecule has 1 heterocycles. The number of rotatable bonds is 8. The Balaban J connectivity index is 1.56. The van der Waals surface area contributed by atoms with E-state index in [-0.39, 0.29) is 30.4 Å². The minimum absolute atomic E-state index is 0.0278. The molecule has 2 unspecified atom stereocenters. The topological polar surface area (TPSA) is 70.7 Å². The van der Waals surface area contributed by atoms with Crippen LogP contribution in [0.3, 0.4) is 0 Å². The number of ether oxygens (including phenoxy) is 1. The molecule has 0 radical (unpaired) electrons. The molecule has 0 bridgehead atoms. The summed E-state index contributed by atoms with van der Waals surface area (Å²) in [4.78, 5) is 27.6. The van der Waals surface area contributed by atoms with E-state index in [9.17, 15) is 9.59 Å². The van der Waals surface area contributed by atoms with Gasteiger partial charge in [-0.3, -0.25) is 14.5 Å². The Hall–Kier alpha value is -2.86. The number of anilines is 1. The summed E-state index contributed by atoms with van der Waals surface area (Å²) in [5, 5.41) is 6.07. The van der Waals surface area contributed by atoms with Gasteiger partial charge in [0.15, 0.2) is 0 Å². The van der Waals surface area contributed by atoms with Crippen LogP contribution in [0.1, 0.15) is 36.5 Å². The van der Waals surface area contributed by atoms with Crippen LogP contribution in [0, 0.1) is 13.8 Å². The molecule has 3 rings (SSSR count). The molecule has 6 heteroatoms. The first-order valence-corrected chi connectivity index (χ1v) is 10.9. The number of benzene rings is 2. The molecule has 2 N–H and O–H groups in total. The van der Waals surface area contributed by atoms with E-state index in [1.165, 1.54) is 11.1 Å². The lowest BCUT2D eigenvalue weighted by Crippen LogP contribution is -2.46. The minimum atomic E-state index is -0.317. The summed E-state index contributed by atoms with van der Waals surface area (Å²) in [6.45, 7) is 7.03. The van der Waals surface area contributed by atoms with Crippen molar-refractivity contribution < 1.29 is 14.3 Å². The van der Waals surface area contributed by atoms with Gasteiger partial charge in [0, 0.05) is 6.04 Å². The third-order valence-corrected chi connectivity index (χ3v) is 5.82. The zero-order valence-corrected chi connectivity index (χ0v) is 18.9. The van der Waals surface area contributed by atoms with Crippen molar-refractivity contribution in [3.63, 3.8) is 0 Å². The van der Waals surface area contributed by atoms with Gasteiger partial charge in [0.2, 0.25) is 11.8 Å². The second-order valence-electron chi connectivity index (χ2n) is 8.42. The summed E-state index contributed by atoms with van der Waals surface area (Å²) < 4.78 is 5.36. The zero-order valence-electron chi connectivity index (χ0n) is 18.9. The minimum Gasteiger partial charge on any atom is -0.495 e. The number of aryl methyl sites for hydroxylation is 2. The highest BCUT2D eigenvalue weighted by atomic mass is 16.5. The number of hydrogen-bond donors (Lipinski definition) is 2. The Morgan fingerprint density at radius 1 is 1.19 bits per heavy atom. The van der Waals surface area contributed by atoms with Crippen molar-refractivity contribution in [1.82, 2.24) is 10.2 Å². The van der Waals surface area contributed by atoms with Crippen molar-refractivity contribution in [1.29, 1.82) is 0 Å². The number of nitrogens with one attached hydrogen (secondary N) is 2. The zero-order chi connectivity index (χ0) is 22.4. The van der Waals surface area contributed by atoms with Crippen LogP contribution in [-0.2, 0) is 16.0 Å². The summed E-state index contributed by atoms with van der Waals surface area (Å²) in [5.74, 6) is 0.488. The molecule has 0 aromatic heterocycles. The van der Waals surface area contributed by atoms with Gasteiger partial charge < -0.3 is 15.4 Å². The summed E-state index contributed by atoms with van der Waals surface area (Å²) in [6.07, 6.45) is 2.43. The van der Waals surface area contributed by atoms with Crippen LogP contribution in [0.15, 0.2) is 42.5 Å². The molecule has 1 fully saturated rings. The Kier molecular flexibility index (Phi) is 7.69. The Bertz CT molecular complexity index is 928. The molecule has 1 aliphatic rings. The first kappa shape index (κ1) is 22.8. The summed E-state index contributed by atoms with van der Waals surface area (Å²) >= 11 is 0. The Morgan fingerprint density at radius 3 is 2.71 bits per heavy atom. The predicted molar refractivity (Wildman–Crippen MR) is 123 cm³/mol. The van der Waals surface area contributed by atoms with Gasteiger partial charge in [-0.05, 0) is 75.4 Å². The van der Waals surface area contributed by atoms with E-state index in [0.717, 1.165) is 31.4 Å². The number of amides is 2. The van der Waals surface area contributed by atoms with E-state index in [2.05, 4.69) is 29.7 Å². The Labute approximate surface area is 185 Å². The molecule has 166 valence electrons. The average Bonchev–Trinajstić information content (AvgIpc) is 3.18. The maximum Gasteiger partial charge on any atom is 0.241 e. The average molecular weight is 424 g/mol. The van der Waals surface area contributed by atoms with Crippen LogP contribution in [-0.4, -0.2) is 49.0 Å². The van der Waals surface area contributed by atoms with Crippen LogP contribution in [0.4, 0.5) is 5.69 Å². The third kappa shape index (κ3) is 6.07. The molecule has 0 aliphatic carbocycles. The van der Waals surface area contributed by atoms with Gasteiger partial charge in [-0.1, -0.05) is 30.3 Å². The van der Waals surface area contributed by atoms with Crippen molar-refractivity contribution in [3.05, 3.63) is 59.2 Å². The van der Waals surface area contributed by atoms with E-state index >= 15 is 0 Å². The highest BCUT2D eigenvalue weighted by molar-refractivity contribution is 5.96. The molecule has 6 nitrogen and oxygen atoms in total. The van der Waals surface area contributed by atoms with Crippen molar-refractivity contribution >= 4 is 17.5 Å². The lowest BCUT2D eigenvalue weighted by atomic mass is 10.0. The van der Waals surface area contributed by atoms with Gasteiger partial charge in [0.25, 0.3) is 0 Å². The van der Waals surface area contributed by atoms with Crippen LogP contribution in [0.5, 0.6) is 5.75 Å². The number of nitrogens with zero attached hydrogens (tertiary/aromatic N) is 1. The SMILES string of the molecule is COc1ccc(C)cc1NC(=O)C1CCCN1CC(=O)NC(C)Cc1ccccc1C. The van der Waals surface area contributed by atoms with E-state index in [0.29, 0.717) is 11.4 Å². The second-order valence-corrected chi connectivity index (χ2v) is 8.42. The van der Waals surface area contributed by atoms with Crippen molar-refractivity contribution in [3.8, 4) is 5.75 Å². The van der Waals surface area contributed by atoms with Crippen LogP contribution >= 0.6 is 0 Å². The molecule has 0 saturated carbocycles. The van der Waals surface area contributed by atoms with Gasteiger partial charge in [0.05, 0.1) is 25.4 Å². The third-order valence-electron chi connectivity index (χ3n) is 5.82. The lowest BCUT2D eigenvalue weighted by molar-refractivity contribution is -0.125. The largest absolute Gasteiger partial charge is 0.495 e. The molecule has 0 spiro atoms. The highest BCUT2D eigenvalue weighted by Gasteiger charge is 2.32. The first-order valence-electron chi connectivity index (χ1n) is 10.9. The Morgan fingerprint density at radius 2 is 1.97 bits per heavy atom. The number of likely N-dealkylation sites (tertiary alicyclic amines) is 1. The molecular weight excluding hydrogens is 390 g/mol. The molecule has 31 heavy (non-hydrogen) atoms. The summed E-state index contributed by atoms with van der Waals surface area (Å²) in [5.41, 5.74) is 4.17. The van der Waals surface area contributed by atoms with Crippen LogP contribution in [0.25, 0.3) is 0 Å². The fourth-order valence-corrected chi connectivity index (χ4v) is 4.17. The quantitative estimate of drug-likeness (QED) is 0.682. The molecule has 1 saturated heterocycles. The highest BCUT2D eigenvalue weighted by Crippen LogP contribution is 2.27. The monoisotopic (exact) mass is 423 g/mol. The van der Waals surface area contributed by atoms with Crippen LogP contribution < -0.4 is 15.4 Å². The van der Waals surface area contributed by atoms with Crippen molar-refractivity contribution in [2.24, 2.45) is 0 Å². The van der Waals surface area contributed by atoms with Crippen LogP contribution in [0.2, 0.25) is 0 Å². The van der Waals surface area contributed by atoms with E-state index in [4.69, 9.17) is 4.74 Å². The molecule has 2 amide bonds.